The highest BCUT2D eigenvalue weighted by Crippen LogP contribution is 2.20. The van der Waals surface area contributed by atoms with Crippen LogP contribution < -0.4 is 10.1 Å². The van der Waals surface area contributed by atoms with Crippen LogP contribution in [0.3, 0.4) is 0 Å². The van der Waals surface area contributed by atoms with Gasteiger partial charge in [0.1, 0.15) is 5.82 Å². The number of hydrogen-bond acceptors (Lipinski definition) is 5. The van der Waals surface area contributed by atoms with E-state index < -0.39 is 12.2 Å². The Balaban J connectivity index is 2.21. The maximum absolute atomic E-state index is 13.0. The molecule has 2 rings (SSSR count). The number of nitrogens with zero attached hydrogens (tertiary/aromatic N) is 2. The van der Waals surface area contributed by atoms with Crippen LogP contribution in [0, 0.1) is 5.82 Å². The van der Waals surface area contributed by atoms with Crippen LogP contribution in [0.5, 0.6) is 5.75 Å². The molecule has 1 amide bonds. The SMILES string of the molecule is CCOc1cn(-c2ccc(F)cc2)nc1C(=O)NCC(OC)OC. The average Bonchev–Trinajstić information content (AvgIpc) is 3.00. The Morgan fingerprint density at radius 3 is 2.54 bits per heavy atom. The van der Waals surface area contributed by atoms with Crippen molar-refractivity contribution in [3.8, 4) is 11.4 Å². The molecule has 0 radical (unpaired) electrons. The zero-order valence-corrected chi connectivity index (χ0v) is 13.8. The van der Waals surface area contributed by atoms with Gasteiger partial charge in [0.25, 0.3) is 5.91 Å². The van der Waals surface area contributed by atoms with Crippen molar-refractivity contribution in [3.05, 3.63) is 42.0 Å². The summed E-state index contributed by atoms with van der Waals surface area (Å²) in [6.07, 6.45) is 1.03. The molecule has 1 N–H and O–H groups in total. The standard InChI is InChI=1S/C16H20FN3O4/c1-4-24-13-10-20(12-7-5-11(17)6-8-12)19-15(13)16(21)18-9-14(22-2)23-3/h5-8,10,14H,4,9H2,1-3H3,(H,18,21). The highest BCUT2D eigenvalue weighted by Gasteiger charge is 2.20. The molecule has 0 fully saturated rings. The maximum atomic E-state index is 13.0. The fourth-order valence-electron chi connectivity index (χ4n) is 2.03. The summed E-state index contributed by atoms with van der Waals surface area (Å²) in [5.41, 5.74) is 0.746. The van der Waals surface area contributed by atoms with Crippen molar-refractivity contribution >= 4 is 5.91 Å². The van der Waals surface area contributed by atoms with Gasteiger partial charge in [-0.1, -0.05) is 0 Å². The molecule has 0 spiro atoms. The summed E-state index contributed by atoms with van der Waals surface area (Å²) in [6.45, 7) is 2.36. The number of nitrogens with one attached hydrogen (secondary N) is 1. The molecule has 2 aromatic rings. The van der Waals surface area contributed by atoms with E-state index in [0.717, 1.165) is 0 Å². The molecule has 0 aliphatic rings. The quantitative estimate of drug-likeness (QED) is 0.743. The van der Waals surface area contributed by atoms with Gasteiger partial charge in [-0.3, -0.25) is 4.79 Å². The van der Waals surface area contributed by atoms with Crippen LogP contribution in [0.25, 0.3) is 5.69 Å². The molecule has 0 saturated heterocycles. The molecule has 0 aliphatic heterocycles. The van der Waals surface area contributed by atoms with Crippen molar-refractivity contribution in [1.82, 2.24) is 15.1 Å². The second kappa shape index (κ2) is 8.42. The summed E-state index contributed by atoms with van der Waals surface area (Å²) in [4.78, 5) is 12.3. The van der Waals surface area contributed by atoms with Gasteiger partial charge in [-0.2, -0.15) is 5.10 Å². The van der Waals surface area contributed by atoms with Gasteiger partial charge in [0.2, 0.25) is 0 Å². The van der Waals surface area contributed by atoms with Crippen molar-refractivity contribution < 1.29 is 23.4 Å². The van der Waals surface area contributed by atoms with Crippen molar-refractivity contribution in [2.75, 3.05) is 27.4 Å². The van der Waals surface area contributed by atoms with Crippen LogP contribution in [0.1, 0.15) is 17.4 Å². The minimum Gasteiger partial charge on any atom is -0.490 e. The smallest absolute Gasteiger partial charge is 0.275 e. The van der Waals surface area contributed by atoms with Crippen molar-refractivity contribution in [1.29, 1.82) is 0 Å². The lowest BCUT2D eigenvalue weighted by Crippen LogP contribution is -2.34. The van der Waals surface area contributed by atoms with Crippen LogP contribution in [-0.4, -0.2) is 49.3 Å². The normalized spacial score (nSPS) is 10.9. The first-order valence-corrected chi connectivity index (χ1v) is 7.41. The third kappa shape index (κ3) is 4.30. The van der Waals surface area contributed by atoms with E-state index in [1.807, 2.05) is 6.92 Å². The molecule has 7 nitrogen and oxygen atoms in total. The Bertz CT molecular complexity index is 668. The fraction of sp³-hybridized carbons (Fsp3) is 0.375. The van der Waals surface area contributed by atoms with E-state index in [9.17, 15) is 9.18 Å². The lowest BCUT2D eigenvalue weighted by atomic mass is 10.3. The van der Waals surface area contributed by atoms with Crippen molar-refractivity contribution in [3.63, 3.8) is 0 Å². The van der Waals surface area contributed by atoms with E-state index in [1.165, 1.54) is 31.0 Å². The maximum Gasteiger partial charge on any atom is 0.275 e. The molecule has 1 aromatic heterocycles. The molecule has 24 heavy (non-hydrogen) atoms. The summed E-state index contributed by atoms with van der Waals surface area (Å²) in [6, 6.07) is 5.76. The highest BCUT2D eigenvalue weighted by atomic mass is 19.1. The number of amides is 1. The zero-order chi connectivity index (χ0) is 17.5. The second-order valence-electron chi connectivity index (χ2n) is 4.81. The summed E-state index contributed by atoms with van der Waals surface area (Å²) in [5.74, 6) is -0.428. The number of rotatable bonds is 8. The van der Waals surface area contributed by atoms with E-state index in [4.69, 9.17) is 14.2 Å². The number of benzene rings is 1. The summed E-state index contributed by atoms with van der Waals surface area (Å²) in [5, 5.41) is 6.90. The minimum absolute atomic E-state index is 0.132. The first kappa shape index (κ1) is 17.9. The molecule has 1 heterocycles. The van der Waals surface area contributed by atoms with E-state index >= 15 is 0 Å². The minimum atomic E-state index is -0.552. The lowest BCUT2D eigenvalue weighted by Gasteiger charge is -2.13. The summed E-state index contributed by atoms with van der Waals surface area (Å²) in [7, 11) is 2.96. The van der Waals surface area contributed by atoms with Gasteiger partial charge in [-0.05, 0) is 31.2 Å². The Labute approximate surface area is 139 Å². The topological polar surface area (TPSA) is 74.6 Å². The van der Waals surface area contributed by atoms with E-state index in [-0.39, 0.29) is 18.1 Å². The summed E-state index contributed by atoms with van der Waals surface area (Å²) >= 11 is 0. The number of methoxy groups -OCH3 is 2. The predicted molar refractivity (Wildman–Crippen MR) is 84.8 cm³/mol. The van der Waals surface area contributed by atoms with E-state index in [1.54, 1.807) is 18.3 Å². The number of carbonyl (C=O) groups excluding carboxylic acids is 1. The Morgan fingerprint density at radius 2 is 1.96 bits per heavy atom. The molecular formula is C16H20FN3O4. The molecular weight excluding hydrogens is 317 g/mol. The number of hydrogen-bond donors (Lipinski definition) is 1. The Kier molecular flexibility index (Phi) is 6.28. The van der Waals surface area contributed by atoms with Crippen molar-refractivity contribution in [2.24, 2.45) is 0 Å². The van der Waals surface area contributed by atoms with Gasteiger partial charge >= 0.3 is 0 Å². The lowest BCUT2D eigenvalue weighted by molar-refractivity contribution is -0.0974. The van der Waals surface area contributed by atoms with Gasteiger partial charge in [0, 0.05) is 14.2 Å². The third-order valence-electron chi connectivity index (χ3n) is 3.24. The number of carbonyl (C=O) groups is 1. The first-order chi connectivity index (χ1) is 11.6. The fourth-order valence-corrected chi connectivity index (χ4v) is 2.03. The van der Waals surface area contributed by atoms with E-state index in [0.29, 0.717) is 18.0 Å². The van der Waals surface area contributed by atoms with Crippen molar-refractivity contribution in [2.45, 2.75) is 13.2 Å². The van der Waals surface area contributed by atoms with Crippen LogP contribution in [-0.2, 0) is 9.47 Å². The molecule has 0 atom stereocenters. The molecule has 1 aromatic carbocycles. The van der Waals surface area contributed by atoms with Crippen LogP contribution >= 0.6 is 0 Å². The summed E-state index contributed by atoms with van der Waals surface area (Å²) < 4.78 is 30.0. The number of halogens is 1. The molecule has 0 bridgehead atoms. The molecule has 0 saturated carbocycles. The first-order valence-electron chi connectivity index (χ1n) is 7.41. The van der Waals surface area contributed by atoms with Gasteiger partial charge in [-0.15, -0.1) is 0 Å². The molecule has 8 heteroatoms. The number of ether oxygens (including phenoxy) is 3. The monoisotopic (exact) mass is 337 g/mol. The number of aromatic nitrogens is 2. The third-order valence-corrected chi connectivity index (χ3v) is 3.24. The van der Waals surface area contributed by atoms with Crippen LogP contribution in [0.4, 0.5) is 4.39 Å². The van der Waals surface area contributed by atoms with Gasteiger partial charge in [0.15, 0.2) is 17.7 Å². The highest BCUT2D eigenvalue weighted by molar-refractivity contribution is 5.94. The molecule has 130 valence electrons. The molecule has 0 unspecified atom stereocenters. The zero-order valence-electron chi connectivity index (χ0n) is 13.8. The average molecular weight is 337 g/mol. The Hall–Kier alpha value is -2.45. The van der Waals surface area contributed by atoms with E-state index in [2.05, 4.69) is 10.4 Å². The Morgan fingerprint density at radius 1 is 1.29 bits per heavy atom. The van der Waals surface area contributed by atoms with Crippen LogP contribution in [0.2, 0.25) is 0 Å². The van der Waals surface area contributed by atoms with Crippen LogP contribution in [0.15, 0.2) is 30.5 Å². The van der Waals surface area contributed by atoms with Gasteiger partial charge in [0.05, 0.1) is 25.0 Å². The van der Waals surface area contributed by atoms with Gasteiger partial charge < -0.3 is 19.5 Å². The second-order valence-corrected chi connectivity index (χ2v) is 4.81. The largest absolute Gasteiger partial charge is 0.490 e. The molecule has 0 aliphatic carbocycles. The van der Waals surface area contributed by atoms with Gasteiger partial charge in [-0.25, -0.2) is 9.07 Å². The predicted octanol–water partition coefficient (Wildman–Crippen LogP) is 1.76.